The van der Waals surface area contributed by atoms with E-state index in [0.29, 0.717) is 26.2 Å². The number of aromatic hydroxyl groups is 1. The van der Waals surface area contributed by atoms with E-state index >= 15 is 0 Å². The summed E-state index contributed by atoms with van der Waals surface area (Å²) in [6.07, 6.45) is 0. The Morgan fingerprint density at radius 1 is 1.15 bits per heavy atom. The molecule has 1 aromatic heterocycles. The molecule has 0 bridgehead atoms. The maximum absolute atomic E-state index is 12.4. The van der Waals surface area contributed by atoms with Crippen molar-refractivity contribution < 1.29 is 9.90 Å². The van der Waals surface area contributed by atoms with Gasteiger partial charge >= 0.3 is 0 Å². The molecule has 0 saturated carbocycles. The van der Waals surface area contributed by atoms with E-state index in [-0.39, 0.29) is 11.8 Å². The average molecular weight is 428 g/mol. The summed E-state index contributed by atoms with van der Waals surface area (Å²) in [5.41, 5.74) is 3.54. The molecule has 2 heterocycles. The predicted molar refractivity (Wildman–Crippen MR) is 105 cm³/mol. The van der Waals surface area contributed by atoms with Crippen LogP contribution in [-0.2, 0) is 4.79 Å². The van der Waals surface area contributed by atoms with Crippen LogP contribution >= 0.6 is 27.3 Å². The van der Waals surface area contributed by atoms with Crippen molar-refractivity contribution in [3.63, 3.8) is 0 Å². The molecule has 5 nitrogen and oxygen atoms in total. The van der Waals surface area contributed by atoms with Crippen LogP contribution in [0.2, 0.25) is 0 Å². The van der Waals surface area contributed by atoms with Crippen LogP contribution in [0.15, 0.2) is 45.9 Å². The number of hydrogen-bond acceptors (Lipinski definition) is 5. The normalized spacial score (nSPS) is 12.9. The van der Waals surface area contributed by atoms with Crippen LogP contribution < -0.4 is 15.9 Å². The summed E-state index contributed by atoms with van der Waals surface area (Å²) in [4.78, 5) is 21.0. The number of anilines is 2. The lowest BCUT2D eigenvalue weighted by Gasteiger charge is -2.07. The van der Waals surface area contributed by atoms with E-state index in [0.717, 1.165) is 15.7 Å². The number of thiazole rings is 1. The fourth-order valence-corrected chi connectivity index (χ4v) is 4.19. The van der Waals surface area contributed by atoms with E-state index in [1.807, 2.05) is 38.1 Å². The highest BCUT2D eigenvalue weighted by molar-refractivity contribution is 9.10. The van der Waals surface area contributed by atoms with E-state index in [1.165, 1.54) is 16.9 Å². The molecule has 0 radical (unpaired) electrons. The van der Waals surface area contributed by atoms with Crippen molar-refractivity contribution in [1.29, 1.82) is 0 Å². The van der Waals surface area contributed by atoms with Crippen molar-refractivity contribution in [3.8, 4) is 5.88 Å². The third-order valence-corrected chi connectivity index (χ3v) is 5.59. The number of nitrogens with zero attached hydrogens (tertiary/aromatic N) is 2. The Bertz CT molecular complexity index is 1180. The largest absolute Gasteiger partial charge is 0.492 e. The van der Waals surface area contributed by atoms with E-state index in [4.69, 9.17) is 0 Å². The van der Waals surface area contributed by atoms with Crippen molar-refractivity contribution in [2.45, 2.75) is 13.8 Å². The van der Waals surface area contributed by atoms with Crippen LogP contribution in [-0.4, -0.2) is 16.0 Å². The zero-order valence-corrected chi connectivity index (χ0v) is 16.4. The zero-order valence-electron chi connectivity index (χ0n) is 14.0. The molecular formula is C19H14BrN3O2S. The van der Waals surface area contributed by atoms with Crippen LogP contribution in [0.1, 0.15) is 16.0 Å². The Morgan fingerprint density at radius 2 is 1.96 bits per heavy atom. The van der Waals surface area contributed by atoms with E-state index in [1.54, 1.807) is 6.07 Å². The van der Waals surface area contributed by atoms with Gasteiger partial charge in [-0.05, 0) is 43.7 Å². The van der Waals surface area contributed by atoms with Gasteiger partial charge in [-0.1, -0.05) is 45.0 Å². The zero-order chi connectivity index (χ0) is 18.4. The molecule has 0 saturated heterocycles. The number of aromatic nitrogens is 1. The van der Waals surface area contributed by atoms with Crippen molar-refractivity contribution >= 4 is 49.6 Å². The summed E-state index contributed by atoms with van der Waals surface area (Å²) in [5.74, 6) is -0.538. The number of benzene rings is 2. The van der Waals surface area contributed by atoms with E-state index < -0.39 is 0 Å². The summed E-state index contributed by atoms with van der Waals surface area (Å²) >= 11 is 4.65. The molecule has 3 aromatic rings. The maximum atomic E-state index is 12.4. The minimum absolute atomic E-state index is 0.173. The van der Waals surface area contributed by atoms with Gasteiger partial charge in [0.15, 0.2) is 5.13 Å². The smallest absolute Gasteiger partial charge is 0.279 e. The number of carbonyl (C=O) groups excluding carboxylic acids is 1. The molecule has 130 valence electrons. The highest BCUT2D eigenvalue weighted by atomic mass is 79.9. The number of aryl methyl sites for hydroxylation is 2. The molecule has 0 aliphatic carbocycles. The molecule has 1 aliphatic rings. The van der Waals surface area contributed by atoms with Gasteiger partial charge in [-0.25, -0.2) is 4.99 Å². The first-order chi connectivity index (χ1) is 12.4. The van der Waals surface area contributed by atoms with E-state index in [2.05, 4.69) is 37.3 Å². The summed E-state index contributed by atoms with van der Waals surface area (Å²) in [7, 11) is 0. The van der Waals surface area contributed by atoms with Crippen molar-refractivity contribution in [2.75, 3.05) is 5.32 Å². The van der Waals surface area contributed by atoms with Gasteiger partial charge in [-0.15, -0.1) is 0 Å². The summed E-state index contributed by atoms with van der Waals surface area (Å²) in [5, 5.41) is 15.4. The Morgan fingerprint density at radius 3 is 2.73 bits per heavy atom. The second-order valence-corrected chi connectivity index (χ2v) is 7.98. The molecule has 0 spiro atoms. The third-order valence-electron chi connectivity index (χ3n) is 4.12. The SMILES string of the molecule is Cc1ccc(Nc2nc(O)c(C3=c4cc(Br)ccc4=NC3=O)s2)c(C)c1. The van der Waals surface area contributed by atoms with Crippen molar-refractivity contribution in [3.05, 3.63) is 67.5 Å². The molecule has 2 aromatic carbocycles. The topological polar surface area (TPSA) is 74.6 Å². The highest BCUT2D eigenvalue weighted by Gasteiger charge is 2.25. The molecule has 4 rings (SSSR count). The second-order valence-electron chi connectivity index (χ2n) is 6.07. The Hall–Kier alpha value is -2.51. The number of amides is 1. The van der Waals surface area contributed by atoms with Gasteiger partial charge in [0.25, 0.3) is 5.91 Å². The monoisotopic (exact) mass is 427 g/mol. The molecule has 2 N–H and O–H groups in total. The van der Waals surface area contributed by atoms with Gasteiger partial charge in [-0.3, -0.25) is 4.79 Å². The van der Waals surface area contributed by atoms with Crippen LogP contribution in [0.4, 0.5) is 10.8 Å². The van der Waals surface area contributed by atoms with Crippen LogP contribution in [0, 0.1) is 13.8 Å². The highest BCUT2D eigenvalue weighted by Crippen LogP contribution is 2.35. The fourth-order valence-electron chi connectivity index (χ4n) is 2.90. The Balaban J connectivity index is 1.79. The molecule has 1 aliphatic heterocycles. The van der Waals surface area contributed by atoms with Crippen molar-refractivity contribution in [1.82, 2.24) is 4.98 Å². The minimum atomic E-state index is -0.366. The molecule has 0 unspecified atom stereocenters. The third kappa shape index (κ3) is 2.93. The van der Waals surface area contributed by atoms with Gasteiger partial charge in [0.1, 0.15) is 4.88 Å². The van der Waals surface area contributed by atoms with Crippen molar-refractivity contribution in [2.24, 2.45) is 4.99 Å². The predicted octanol–water partition coefficient (Wildman–Crippen LogP) is 3.33. The van der Waals surface area contributed by atoms with Gasteiger partial charge in [0.2, 0.25) is 5.88 Å². The minimum Gasteiger partial charge on any atom is -0.492 e. The number of fused-ring (bicyclic) bond motifs is 1. The van der Waals surface area contributed by atoms with Gasteiger partial charge in [-0.2, -0.15) is 4.98 Å². The molecule has 26 heavy (non-hydrogen) atoms. The first-order valence-corrected chi connectivity index (χ1v) is 9.50. The number of hydrogen-bond donors (Lipinski definition) is 2. The lowest BCUT2D eigenvalue weighted by atomic mass is 10.1. The van der Waals surface area contributed by atoms with E-state index in [9.17, 15) is 9.90 Å². The van der Waals surface area contributed by atoms with Crippen LogP contribution in [0.25, 0.3) is 5.57 Å². The Labute approximate surface area is 161 Å². The number of carbonyl (C=O) groups is 1. The summed E-state index contributed by atoms with van der Waals surface area (Å²) in [6, 6.07) is 11.5. The molecule has 0 atom stereocenters. The first kappa shape index (κ1) is 16.9. The standard InChI is InChI=1S/C19H14BrN3O2S/c1-9-3-5-13(10(2)7-9)22-19-23-18(25)16(26-19)15-12-8-11(20)4-6-14(12)21-17(15)24/h3-8,25H,1-2H3,(H,22,23). The van der Waals surface area contributed by atoms with Crippen LogP contribution in [0.5, 0.6) is 5.88 Å². The second kappa shape index (κ2) is 6.34. The number of nitrogens with one attached hydrogen (secondary N) is 1. The lowest BCUT2D eigenvalue weighted by molar-refractivity contribution is -0.112. The van der Waals surface area contributed by atoms with Gasteiger partial charge in [0, 0.05) is 15.4 Å². The lowest BCUT2D eigenvalue weighted by Crippen LogP contribution is -2.22. The number of rotatable bonds is 3. The first-order valence-electron chi connectivity index (χ1n) is 7.90. The molecule has 7 heteroatoms. The number of halogens is 1. The summed E-state index contributed by atoms with van der Waals surface area (Å²) in [6.45, 7) is 4.04. The van der Waals surface area contributed by atoms with Gasteiger partial charge < -0.3 is 10.4 Å². The average Bonchev–Trinajstić information content (AvgIpc) is 3.08. The Kier molecular flexibility index (Phi) is 4.13. The summed E-state index contributed by atoms with van der Waals surface area (Å²) < 4.78 is 0.844. The maximum Gasteiger partial charge on any atom is 0.279 e. The molecule has 1 amide bonds. The fraction of sp³-hybridized carbons (Fsp3) is 0.105. The quantitative estimate of drug-likeness (QED) is 0.671. The molecule has 0 fully saturated rings. The molecular weight excluding hydrogens is 414 g/mol. The van der Waals surface area contributed by atoms with Gasteiger partial charge in [0.05, 0.1) is 10.9 Å². The van der Waals surface area contributed by atoms with Crippen LogP contribution in [0.3, 0.4) is 0 Å².